The molecule has 4 nitrogen and oxygen atoms in total. The van der Waals surface area contributed by atoms with Crippen molar-refractivity contribution < 1.29 is 14.6 Å². The third-order valence-corrected chi connectivity index (χ3v) is 2.79. The molecule has 1 aromatic carbocycles. The van der Waals surface area contributed by atoms with E-state index in [4.69, 9.17) is 15.2 Å². The molecule has 17 heavy (non-hydrogen) atoms. The molecular formula is C13H21NO3. The average Bonchev–Trinajstić information content (AvgIpc) is 2.36. The Bertz CT molecular complexity index is 343. The molecule has 0 aliphatic heterocycles. The van der Waals surface area contributed by atoms with Gasteiger partial charge in [0.15, 0.2) is 0 Å². The number of hydrogen-bond donors (Lipinski definition) is 2. The van der Waals surface area contributed by atoms with E-state index in [0.29, 0.717) is 18.7 Å². The molecule has 0 amide bonds. The van der Waals surface area contributed by atoms with Crippen LogP contribution >= 0.6 is 0 Å². The first-order chi connectivity index (χ1) is 8.18. The first-order valence-electron chi connectivity index (χ1n) is 5.73. The molecule has 1 atom stereocenters. The number of methoxy groups -OCH3 is 2. The Morgan fingerprint density at radius 1 is 1.29 bits per heavy atom. The van der Waals surface area contributed by atoms with Crippen molar-refractivity contribution in [1.29, 1.82) is 0 Å². The highest BCUT2D eigenvalue weighted by molar-refractivity contribution is 5.38. The zero-order valence-electron chi connectivity index (χ0n) is 10.5. The zero-order valence-corrected chi connectivity index (χ0v) is 10.5. The van der Waals surface area contributed by atoms with Gasteiger partial charge < -0.3 is 20.3 Å². The summed E-state index contributed by atoms with van der Waals surface area (Å²) in [6, 6.07) is 7.44. The van der Waals surface area contributed by atoms with E-state index in [2.05, 4.69) is 0 Å². The third-order valence-electron chi connectivity index (χ3n) is 2.79. The van der Waals surface area contributed by atoms with Gasteiger partial charge in [0.25, 0.3) is 0 Å². The molecule has 0 aliphatic rings. The van der Waals surface area contributed by atoms with E-state index in [-0.39, 0.29) is 6.61 Å². The monoisotopic (exact) mass is 239 g/mol. The molecular weight excluding hydrogens is 218 g/mol. The van der Waals surface area contributed by atoms with Crippen LogP contribution in [-0.2, 0) is 10.3 Å². The summed E-state index contributed by atoms with van der Waals surface area (Å²) < 4.78 is 10.4. The average molecular weight is 239 g/mol. The molecule has 0 saturated carbocycles. The number of ether oxygens (including phenoxy) is 2. The molecule has 3 N–H and O–H groups in total. The molecule has 4 heteroatoms. The van der Waals surface area contributed by atoms with Crippen molar-refractivity contribution in [2.75, 3.05) is 27.4 Å². The fourth-order valence-electron chi connectivity index (χ4n) is 1.95. The van der Waals surface area contributed by atoms with Gasteiger partial charge >= 0.3 is 0 Å². The second-order valence-corrected chi connectivity index (χ2v) is 4.06. The Morgan fingerprint density at radius 2 is 2.00 bits per heavy atom. The topological polar surface area (TPSA) is 64.7 Å². The number of aliphatic hydroxyl groups is 1. The van der Waals surface area contributed by atoms with Crippen LogP contribution in [0, 0.1) is 0 Å². The summed E-state index contributed by atoms with van der Waals surface area (Å²) in [6.45, 7) is 0.772. The van der Waals surface area contributed by atoms with Crippen LogP contribution in [0.3, 0.4) is 0 Å². The van der Waals surface area contributed by atoms with Crippen molar-refractivity contribution in [3.05, 3.63) is 29.8 Å². The smallest absolute Gasteiger partial charge is 0.125 e. The molecule has 0 bridgehead atoms. The fraction of sp³-hybridized carbons (Fsp3) is 0.538. The molecule has 0 heterocycles. The summed E-state index contributed by atoms with van der Waals surface area (Å²) in [5.41, 5.74) is 5.20. The predicted molar refractivity (Wildman–Crippen MR) is 67.1 cm³/mol. The van der Waals surface area contributed by atoms with E-state index in [9.17, 15) is 5.11 Å². The molecule has 0 aliphatic carbocycles. The highest BCUT2D eigenvalue weighted by Gasteiger charge is 2.31. The Morgan fingerprint density at radius 3 is 2.59 bits per heavy atom. The molecule has 1 aromatic rings. The van der Waals surface area contributed by atoms with Gasteiger partial charge in [-0.3, -0.25) is 0 Å². The van der Waals surface area contributed by atoms with Gasteiger partial charge in [-0.15, -0.1) is 0 Å². The Labute approximate surface area is 102 Å². The molecule has 96 valence electrons. The van der Waals surface area contributed by atoms with Crippen LogP contribution in [0.4, 0.5) is 0 Å². The summed E-state index contributed by atoms with van der Waals surface area (Å²) in [6.07, 6.45) is 1.29. The minimum atomic E-state index is -1.04. The standard InChI is InChI=1S/C13H21NO3/c1-16-10-13(15,8-5-9-14)11-6-3-4-7-12(11)17-2/h3-4,6-7,15H,5,8-10,14H2,1-2H3. The molecule has 1 unspecified atom stereocenters. The summed E-state index contributed by atoms with van der Waals surface area (Å²) in [4.78, 5) is 0. The van der Waals surface area contributed by atoms with Gasteiger partial charge in [0.1, 0.15) is 11.4 Å². The number of rotatable bonds is 7. The third kappa shape index (κ3) is 3.43. The fourth-order valence-corrected chi connectivity index (χ4v) is 1.95. The number of para-hydroxylation sites is 1. The lowest BCUT2D eigenvalue weighted by atomic mass is 9.89. The number of benzene rings is 1. The first-order valence-corrected chi connectivity index (χ1v) is 5.73. The number of nitrogens with two attached hydrogens (primary N) is 1. The molecule has 1 rings (SSSR count). The highest BCUT2D eigenvalue weighted by atomic mass is 16.5. The molecule has 0 spiro atoms. The summed E-state index contributed by atoms with van der Waals surface area (Å²) in [7, 11) is 3.16. The molecule has 0 radical (unpaired) electrons. The van der Waals surface area contributed by atoms with E-state index in [1.807, 2.05) is 24.3 Å². The minimum Gasteiger partial charge on any atom is -0.496 e. The van der Waals surface area contributed by atoms with Crippen LogP contribution < -0.4 is 10.5 Å². The molecule has 0 aromatic heterocycles. The first kappa shape index (κ1) is 14.0. The van der Waals surface area contributed by atoms with Crippen molar-refractivity contribution >= 4 is 0 Å². The lowest BCUT2D eigenvalue weighted by Gasteiger charge is -2.29. The highest BCUT2D eigenvalue weighted by Crippen LogP contribution is 2.33. The SMILES string of the molecule is COCC(O)(CCCN)c1ccccc1OC. The quantitative estimate of drug-likeness (QED) is 0.752. The van der Waals surface area contributed by atoms with Crippen LogP contribution in [0.15, 0.2) is 24.3 Å². The Hall–Kier alpha value is -1.10. The van der Waals surface area contributed by atoms with Crippen LogP contribution in [0.1, 0.15) is 18.4 Å². The van der Waals surface area contributed by atoms with Crippen LogP contribution in [0.2, 0.25) is 0 Å². The van der Waals surface area contributed by atoms with E-state index in [1.165, 1.54) is 0 Å². The van der Waals surface area contributed by atoms with Gasteiger partial charge in [0, 0.05) is 12.7 Å². The van der Waals surface area contributed by atoms with E-state index in [0.717, 1.165) is 12.0 Å². The van der Waals surface area contributed by atoms with Gasteiger partial charge in [-0.25, -0.2) is 0 Å². The lowest BCUT2D eigenvalue weighted by molar-refractivity contribution is -0.0443. The maximum atomic E-state index is 10.7. The van der Waals surface area contributed by atoms with Crippen LogP contribution in [-0.4, -0.2) is 32.5 Å². The van der Waals surface area contributed by atoms with Crippen LogP contribution in [0.5, 0.6) is 5.75 Å². The zero-order chi connectivity index (χ0) is 12.7. The van der Waals surface area contributed by atoms with Crippen molar-refractivity contribution in [3.63, 3.8) is 0 Å². The molecule has 0 saturated heterocycles. The van der Waals surface area contributed by atoms with Crippen LogP contribution in [0.25, 0.3) is 0 Å². The van der Waals surface area contributed by atoms with Crippen molar-refractivity contribution in [3.8, 4) is 5.75 Å². The van der Waals surface area contributed by atoms with Gasteiger partial charge in [-0.2, -0.15) is 0 Å². The van der Waals surface area contributed by atoms with Gasteiger partial charge in [-0.1, -0.05) is 18.2 Å². The Balaban J connectivity index is 3.02. The summed E-state index contributed by atoms with van der Waals surface area (Å²) in [5, 5.41) is 10.7. The normalized spacial score (nSPS) is 14.4. The van der Waals surface area contributed by atoms with E-state index >= 15 is 0 Å². The molecule has 0 fully saturated rings. The maximum absolute atomic E-state index is 10.7. The van der Waals surface area contributed by atoms with E-state index in [1.54, 1.807) is 14.2 Å². The second-order valence-electron chi connectivity index (χ2n) is 4.06. The van der Waals surface area contributed by atoms with Gasteiger partial charge in [0.2, 0.25) is 0 Å². The van der Waals surface area contributed by atoms with E-state index < -0.39 is 5.60 Å². The van der Waals surface area contributed by atoms with Gasteiger partial charge in [0.05, 0.1) is 13.7 Å². The Kier molecular flexibility index (Phi) is 5.41. The largest absolute Gasteiger partial charge is 0.496 e. The summed E-state index contributed by atoms with van der Waals surface area (Å²) in [5.74, 6) is 0.670. The van der Waals surface area contributed by atoms with Crippen molar-refractivity contribution in [2.24, 2.45) is 5.73 Å². The van der Waals surface area contributed by atoms with Crippen molar-refractivity contribution in [2.45, 2.75) is 18.4 Å². The lowest BCUT2D eigenvalue weighted by Crippen LogP contribution is -2.32. The second kappa shape index (κ2) is 6.59. The minimum absolute atomic E-state index is 0.230. The van der Waals surface area contributed by atoms with Gasteiger partial charge in [-0.05, 0) is 25.5 Å². The maximum Gasteiger partial charge on any atom is 0.125 e. The predicted octanol–water partition coefficient (Wildman–Crippen LogP) is 1.27. The van der Waals surface area contributed by atoms with Crippen molar-refractivity contribution in [1.82, 2.24) is 0 Å². The summed E-state index contributed by atoms with van der Waals surface area (Å²) >= 11 is 0. The number of hydrogen-bond acceptors (Lipinski definition) is 4.